The zero-order valence-corrected chi connectivity index (χ0v) is 58.6. The van der Waals surface area contributed by atoms with Crippen molar-refractivity contribution in [1.29, 1.82) is 0 Å². The maximum absolute atomic E-state index is 16.4. The molecular formula is C72H68Cl2N8O29. The first kappa shape index (κ1) is 77.7. The van der Waals surface area contributed by atoms with E-state index in [0.29, 0.717) is 0 Å². The number of carboxylic acid groups (broad SMARTS) is 1. The number of aliphatic hydroxyl groups is 8. The van der Waals surface area contributed by atoms with Crippen molar-refractivity contribution in [3.8, 4) is 80.1 Å². The molecule has 19 atom stereocenters. The molecule has 15 rings (SSSR count). The number of aliphatic carboxylic acids is 1. The molecule has 2 fully saturated rings. The van der Waals surface area contributed by atoms with Gasteiger partial charge < -0.3 is 148 Å². The van der Waals surface area contributed by atoms with Gasteiger partial charge in [-0.25, -0.2) is 4.79 Å². The SMILES string of the molecule is CC(=O)NC1C(OC2c3ccc(c(Cl)c3)Oc3cc4cc(c3O)Oc3ccc(cc3Cl)C(O)C3NC(=O)C(N)c5ccc(O)c(c5)Oc5cc(O)cc(c5)C(NC3=O)C(=O)NC4C(=O)NC3C(=O)NC2C(=O)NC(C(=O)O)c2cc(O)cc(OC4OC(CO)C(O)C(O)C4O)c2-c2cc3ccc2O)OC(CO)C(O)C1O. The summed E-state index contributed by atoms with van der Waals surface area (Å²) < 4.78 is 42.9. The molecule has 0 spiro atoms. The van der Waals surface area contributed by atoms with E-state index < -0.39 is 267 Å². The van der Waals surface area contributed by atoms with Gasteiger partial charge in [0.05, 0.1) is 23.3 Å². The fourth-order valence-corrected chi connectivity index (χ4v) is 14.0. The van der Waals surface area contributed by atoms with Crippen LogP contribution in [0.2, 0.25) is 10.0 Å². The molecule has 39 heteroatoms. The van der Waals surface area contributed by atoms with Crippen molar-refractivity contribution in [2.24, 2.45) is 5.73 Å². The number of hydrogen-bond acceptors (Lipinski definition) is 29. The summed E-state index contributed by atoms with van der Waals surface area (Å²) in [7, 11) is 0. The van der Waals surface area contributed by atoms with Crippen molar-refractivity contribution < 1.29 is 143 Å². The Morgan fingerprint density at radius 3 is 1.67 bits per heavy atom. The predicted molar refractivity (Wildman–Crippen MR) is 373 cm³/mol. The van der Waals surface area contributed by atoms with E-state index in [1.165, 1.54) is 12.1 Å². The third-order valence-electron chi connectivity index (χ3n) is 19.2. The number of benzene rings is 7. The Balaban J connectivity index is 1.06. The van der Waals surface area contributed by atoms with Crippen LogP contribution in [0.5, 0.6) is 69.0 Å². The van der Waals surface area contributed by atoms with E-state index in [-0.39, 0.29) is 39.0 Å². The topological polar surface area (TPSA) is 595 Å². The molecule has 8 aliphatic rings. The number of carbonyl (C=O) groups is 8. The number of aromatic hydroxyl groups is 5. The standard InChI is InChI=1S/C72H68Cl2N8O29/c1-23(85)76-54-60(94)58(92)45(21-83)109-71(54)111-63-27-5-9-40(36(74)14-27)107-44-17-29-16-43(57(44)91)106-39-8-4-26(13-35(39)73)56(90)53-68(101)79-50(28-10-30(86)18-32(11-28)105-41-15-24(2-7-38(41)89)48(75)64(97)81-53)66(99)78-51(29)67(100)77-49-25-3-6-37(88)33(12-25)47-34(52(70(103)104)80-69(102)55(63)82-65(49)98)19-31(87)20-42(47)108-72-62(96)61(95)59(93)46(22-84)110-72/h2-20,45-46,48-56,58-63,71-72,83-84,86-96H,21-22,75H2,1H3,(H,76,85)(H,77,100)(H,78,99)(H,79,101)(H,80,102)(H,81,97)(H,82,98)(H,103,104). The highest BCUT2D eigenvalue weighted by atomic mass is 35.5. The molecule has 0 radical (unpaired) electrons. The van der Waals surface area contributed by atoms with Crippen molar-refractivity contribution in [3.05, 3.63) is 164 Å². The monoisotopic (exact) mass is 1580 g/mol. The van der Waals surface area contributed by atoms with Gasteiger partial charge in [-0.05, 0) is 112 Å². The Morgan fingerprint density at radius 1 is 0.505 bits per heavy atom. The molecule has 0 aromatic heterocycles. The predicted octanol–water partition coefficient (Wildman–Crippen LogP) is -0.0832. The molecule has 37 nitrogen and oxygen atoms in total. The van der Waals surface area contributed by atoms with E-state index >= 15 is 24.0 Å². The highest BCUT2D eigenvalue weighted by molar-refractivity contribution is 6.32. The number of halogens is 2. The number of ether oxygens (including phenoxy) is 7. The molecule has 8 heterocycles. The van der Waals surface area contributed by atoms with Crippen LogP contribution in [0.25, 0.3) is 11.1 Å². The van der Waals surface area contributed by atoms with Crippen LogP contribution in [0.3, 0.4) is 0 Å². The van der Waals surface area contributed by atoms with Gasteiger partial charge in [0.2, 0.25) is 53.4 Å². The Labute approximate surface area is 634 Å². The van der Waals surface area contributed by atoms with E-state index in [1.807, 2.05) is 0 Å². The molecule has 584 valence electrons. The number of aliphatic hydroxyl groups excluding tert-OH is 8. The number of fused-ring (bicyclic) bond motifs is 14. The summed E-state index contributed by atoms with van der Waals surface area (Å²) in [6, 6.07) is 1.69. The Morgan fingerprint density at radius 2 is 1.04 bits per heavy atom. The third kappa shape index (κ3) is 15.4. The van der Waals surface area contributed by atoms with E-state index in [1.54, 1.807) is 0 Å². The van der Waals surface area contributed by atoms with Crippen molar-refractivity contribution in [2.45, 2.75) is 123 Å². The summed E-state index contributed by atoms with van der Waals surface area (Å²) in [6.45, 7) is -1.08. The van der Waals surface area contributed by atoms with Gasteiger partial charge in [-0.3, -0.25) is 33.6 Å². The van der Waals surface area contributed by atoms with Crippen LogP contribution in [0.1, 0.15) is 88.3 Å². The van der Waals surface area contributed by atoms with Crippen molar-refractivity contribution >= 4 is 70.5 Å². The van der Waals surface area contributed by atoms with Crippen LogP contribution >= 0.6 is 23.2 Å². The lowest BCUT2D eigenvalue weighted by atomic mass is 9.89. The number of rotatable bonds is 8. The van der Waals surface area contributed by atoms with Crippen LogP contribution in [0.15, 0.2) is 115 Å². The second-order valence-corrected chi connectivity index (χ2v) is 27.3. The van der Waals surface area contributed by atoms with Gasteiger partial charge in [0.15, 0.2) is 35.3 Å². The first-order valence-corrected chi connectivity index (χ1v) is 34.4. The Hall–Kier alpha value is -11.4. The average molecular weight is 1580 g/mol. The highest BCUT2D eigenvalue weighted by Crippen LogP contribution is 2.50. The van der Waals surface area contributed by atoms with Gasteiger partial charge >= 0.3 is 5.97 Å². The minimum atomic E-state index is -2.52. The molecule has 23 N–H and O–H groups in total. The lowest BCUT2D eigenvalue weighted by Crippen LogP contribution is -2.65. The van der Waals surface area contributed by atoms with Crippen LogP contribution < -0.4 is 61.9 Å². The number of amides is 7. The maximum atomic E-state index is 16.4. The largest absolute Gasteiger partial charge is 0.508 e. The highest BCUT2D eigenvalue weighted by Gasteiger charge is 2.51. The maximum Gasteiger partial charge on any atom is 0.330 e. The molecule has 17 bridgehead atoms. The smallest absolute Gasteiger partial charge is 0.330 e. The molecule has 7 amide bonds. The van der Waals surface area contributed by atoms with Gasteiger partial charge in [-0.15, -0.1) is 0 Å². The minimum Gasteiger partial charge on any atom is -0.508 e. The summed E-state index contributed by atoms with van der Waals surface area (Å²) in [5, 5.41) is 175. The molecule has 111 heavy (non-hydrogen) atoms. The summed E-state index contributed by atoms with van der Waals surface area (Å²) in [5.41, 5.74) is 2.48. The normalized spacial score (nSPS) is 28.6. The zero-order chi connectivity index (χ0) is 79.6. The number of phenolic OH excluding ortho intramolecular Hbond substituents is 5. The average Bonchev–Trinajstić information content (AvgIpc) is 0.761. The first-order valence-electron chi connectivity index (χ1n) is 33.7. The summed E-state index contributed by atoms with van der Waals surface area (Å²) in [5.74, 6) is -19.1. The zero-order valence-electron chi connectivity index (χ0n) is 57.1. The van der Waals surface area contributed by atoms with Gasteiger partial charge in [-0.1, -0.05) is 47.5 Å². The summed E-state index contributed by atoms with van der Waals surface area (Å²) >= 11 is 14.1. The Kier molecular flexibility index (Phi) is 21.8. The second-order valence-electron chi connectivity index (χ2n) is 26.5. The molecule has 7 aromatic carbocycles. The quantitative estimate of drug-likeness (QED) is 0.0946. The van der Waals surface area contributed by atoms with Gasteiger partial charge in [0.1, 0.15) is 137 Å². The first-order chi connectivity index (χ1) is 52.8. The number of hydrogen-bond donors (Lipinski definition) is 22. The van der Waals surface area contributed by atoms with E-state index in [4.69, 9.17) is 62.1 Å². The lowest BCUT2D eigenvalue weighted by molar-refractivity contribution is -0.284. The number of carbonyl (C=O) groups excluding carboxylic acids is 7. The number of phenols is 5. The van der Waals surface area contributed by atoms with E-state index in [2.05, 4.69) is 37.2 Å². The fourth-order valence-electron chi connectivity index (χ4n) is 13.5. The van der Waals surface area contributed by atoms with E-state index in [9.17, 15) is 85.9 Å². The number of nitrogens with one attached hydrogen (secondary N) is 7. The third-order valence-corrected chi connectivity index (χ3v) is 19.7. The van der Waals surface area contributed by atoms with Crippen molar-refractivity contribution in [2.75, 3.05) is 13.2 Å². The van der Waals surface area contributed by atoms with Crippen LogP contribution in [-0.4, -0.2) is 205 Å². The summed E-state index contributed by atoms with van der Waals surface area (Å²) in [4.78, 5) is 121. The molecule has 0 aliphatic carbocycles. The van der Waals surface area contributed by atoms with Gasteiger partial charge in [-0.2, -0.15) is 0 Å². The van der Waals surface area contributed by atoms with Crippen molar-refractivity contribution in [3.63, 3.8) is 0 Å². The molecule has 7 aromatic rings. The number of nitrogens with two attached hydrogens (primary N) is 1. The molecule has 19 unspecified atom stereocenters. The summed E-state index contributed by atoms with van der Waals surface area (Å²) in [6.07, 6.45) is -22.5. The fraction of sp³-hybridized carbons (Fsp3) is 0.306. The molecular weight excluding hydrogens is 1510 g/mol. The molecule has 8 aliphatic heterocycles. The number of carboxylic acids is 1. The molecule has 0 saturated carbocycles. The van der Waals surface area contributed by atoms with E-state index in [0.717, 1.165) is 110 Å². The van der Waals surface area contributed by atoms with Crippen LogP contribution in [-0.2, 0) is 52.6 Å². The Bertz CT molecular complexity index is 4920. The van der Waals surface area contributed by atoms with Gasteiger partial charge in [0, 0.05) is 35.7 Å². The minimum absolute atomic E-state index is 0.0160. The van der Waals surface area contributed by atoms with Crippen LogP contribution in [0, 0.1) is 0 Å². The lowest BCUT2D eigenvalue weighted by Gasteiger charge is -2.44. The molecule has 2 saturated heterocycles. The van der Waals surface area contributed by atoms with Crippen molar-refractivity contribution in [1.82, 2.24) is 37.2 Å². The second kappa shape index (κ2) is 31.2. The van der Waals surface area contributed by atoms with Crippen LogP contribution in [0.4, 0.5) is 0 Å². The van der Waals surface area contributed by atoms with Gasteiger partial charge in [0.25, 0.3) is 0 Å².